The zero-order valence-corrected chi connectivity index (χ0v) is 8.07. The summed E-state index contributed by atoms with van der Waals surface area (Å²) in [5, 5.41) is 7.04. The Balaban J connectivity index is 1.86. The second kappa shape index (κ2) is 3.94. The molecule has 0 saturated heterocycles. The van der Waals surface area contributed by atoms with Crippen molar-refractivity contribution in [3.05, 3.63) is 17.5 Å². The molecule has 1 heterocycles. The average molecular weight is 181 g/mol. The Morgan fingerprint density at radius 1 is 1.25 bits per heavy atom. The largest absolute Gasteiger partial charge is 0.374 e. The smallest absolute Gasteiger partial charge is 0.0884 e. The second-order valence-electron chi connectivity index (χ2n) is 3.46. The molecule has 1 aliphatic rings. The summed E-state index contributed by atoms with van der Waals surface area (Å²) < 4.78 is 0. The van der Waals surface area contributed by atoms with E-state index in [1.165, 1.54) is 37.1 Å². The molecule has 0 bridgehead atoms. The maximum atomic E-state index is 3.58. The Hall–Kier alpha value is -0.500. The molecule has 1 aromatic heterocycles. The van der Waals surface area contributed by atoms with E-state index in [-0.39, 0.29) is 0 Å². The van der Waals surface area contributed by atoms with E-state index in [0.717, 1.165) is 6.04 Å². The molecule has 0 atom stereocenters. The van der Waals surface area contributed by atoms with Gasteiger partial charge in [0.25, 0.3) is 0 Å². The molecule has 0 aliphatic heterocycles. The van der Waals surface area contributed by atoms with Crippen LogP contribution in [-0.4, -0.2) is 6.04 Å². The predicted molar refractivity (Wildman–Crippen MR) is 54.8 cm³/mol. The lowest BCUT2D eigenvalue weighted by Gasteiger charge is -2.22. The molecular weight excluding hydrogens is 166 g/mol. The van der Waals surface area contributed by atoms with Crippen molar-refractivity contribution in [2.24, 2.45) is 0 Å². The van der Waals surface area contributed by atoms with Gasteiger partial charge in [-0.2, -0.15) is 0 Å². The third-order valence-electron chi connectivity index (χ3n) is 2.47. The number of rotatable bonds is 2. The number of thiophene rings is 1. The van der Waals surface area contributed by atoms with Crippen LogP contribution in [0.15, 0.2) is 17.5 Å². The quantitative estimate of drug-likeness (QED) is 0.736. The maximum Gasteiger partial charge on any atom is 0.0884 e. The molecule has 1 nitrogen and oxygen atoms in total. The molecule has 1 aliphatic carbocycles. The molecule has 0 aromatic carbocycles. The third kappa shape index (κ3) is 2.01. The first kappa shape index (κ1) is 8.11. The van der Waals surface area contributed by atoms with E-state index in [1.807, 2.05) is 0 Å². The van der Waals surface area contributed by atoms with Crippen LogP contribution in [0.5, 0.6) is 0 Å². The minimum absolute atomic E-state index is 0.748. The molecule has 0 radical (unpaired) electrons. The van der Waals surface area contributed by atoms with Gasteiger partial charge in [-0.3, -0.25) is 0 Å². The predicted octanol–water partition coefficient (Wildman–Crippen LogP) is 3.49. The zero-order valence-electron chi connectivity index (χ0n) is 7.25. The molecule has 0 unspecified atom stereocenters. The summed E-state index contributed by atoms with van der Waals surface area (Å²) in [6, 6.07) is 5.02. The second-order valence-corrected chi connectivity index (χ2v) is 4.40. The van der Waals surface area contributed by atoms with Gasteiger partial charge in [0, 0.05) is 6.04 Å². The van der Waals surface area contributed by atoms with Crippen molar-refractivity contribution in [1.82, 2.24) is 0 Å². The van der Waals surface area contributed by atoms with Crippen molar-refractivity contribution in [2.75, 3.05) is 5.32 Å². The highest BCUT2D eigenvalue weighted by Gasteiger charge is 2.12. The molecule has 1 aromatic rings. The van der Waals surface area contributed by atoms with Gasteiger partial charge in [-0.25, -0.2) is 0 Å². The van der Waals surface area contributed by atoms with Crippen LogP contribution in [-0.2, 0) is 0 Å². The summed E-state index contributed by atoms with van der Waals surface area (Å²) >= 11 is 1.81. The van der Waals surface area contributed by atoms with Crippen molar-refractivity contribution >= 4 is 16.3 Å². The van der Waals surface area contributed by atoms with Crippen LogP contribution in [0.3, 0.4) is 0 Å². The Kier molecular flexibility index (Phi) is 2.67. The van der Waals surface area contributed by atoms with Crippen molar-refractivity contribution in [2.45, 2.75) is 38.1 Å². The lowest BCUT2D eigenvalue weighted by atomic mass is 9.96. The molecule has 2 rings (SSSR count). The first-order chi connectivity index (χ1) is 5.95. The first-order valence-corrected chi connectivity index (χ1v) is 5.63. The fraction of sp³-hybridized carbons (Fsp3) is 0.600. The lowest BCUT2D eigenvalue weighted by molar-refractivity contribution is 0.463. The molecular formula is C10H15NS. The first-order valence-electron chi connectivity index (χ1n) is 4.75. The van der Waals surface area contributed by atoms with E-state index in [4.69, 9.17) is 0 Å². The van der Waals surface area contributed by atoms with Gasteiger partial charge >= 0.3 is 0 Å². The van der Waals surface area contributed by atoms with E-state index in [9.17, 15) is 0 Å². The molecule has 66 valence electrons. The molecule has 1 saturated carbocycles. The average Bonchev–Trinajstić information content (AvgIpc) is 2.59. The fourth-order valence-corrected chi connectivity index (χ4v) is 2.50. The van der Waals surface area contributed by atoms with E-state index in [2.05, 4.69) is 22.8 Å². The Labute approximate surface area is 77.8 Å². The highest BCUT2D eigenvalue weighted by atomic mass is 32.1. The van der Waals surface area contributed by atoms with Crippen LogP contribution in [0.25, 0.3) is 0 Å². The Bertz CT molecular complexity index is 212. The van der Waals surface area contributed by atoms with Crippen molar-refractivity contribution in [1.29, 1.82) is 0 Å². The molecule has 1 N–H and O–H groups in total. The zero-order chi connectivity index (χ0) is 8.23. The highest BCUT2D eigenvalue weighted by molar-refractivity contribution is 7.14. The van der Waals surface area contributed by atoms with Crippen LogP contribution in [0.4, 0.5) is 5.00 Å². The molecule has 0 spiro atoms. The van der Waals surface area contributed by atoms with Gasteiger partial charge in [-0.15, -0.1) is 11.3 Å². The number of anilines is 1. The number of nitrogens with one attached hydrogen (secondary N) is 1. The number of hydrogen-bond acceptors (Lipinski definition) is 2. The minimum Gasteiger partial charge on any atom is -0.374 e. The van der Waals surface area contributed by atoms with Gasteiger partial charge < -0.3 is 5.32 Å². The number of hydrogen-bond donors (Lipinski definition) is 1. The Morgan fingerprint density at radius 3 is 2.75 bits per heavy atom. The molecule has 2 heteroatoms. The SMILES string of the molecule is c1csc(NC2CCCCC2)c1. The van der Waals surface area contributed by atoms with Gasteiger partial charge in [-0.1, -0.05) is 19.3 Å². The minimum atomic E-state index is 0.748. The van der Waals surface area contributed by atoms with Gasteiger partial charge in [-0.05, 0) is 30.4 Å². The van der Waals surface area contributed by atoms with Crippen molar-refractivity contribution < 1.29 is 0 Å². The van der Waals surface area contributed by atoms with Gasteiger partial charge in [0.15, 0.2) is 0 Å². The van der Waals surface area contributed by atoms with Crippen LogP contribution >= 0.6 is 11.3 Å². The van der Waals surface area contributed by atoms with E-state index >= 15 is 0 Å². The standard InChI is InChI=1S/C10H15NS/c1-2-5-9(6-3-1)11-10-7-4-8-12-10/h4,7-9,11H,1-3,5-6H2. The summed E-state index contributed by atoms with van der Waals surface area (Å²) in [6.45, 7) is 0. The van der Waals surface area contributed by atoms with Crippen LogP contribution in [0.1, 0.15) is 32.1 Å². The molecule has 12 heavy (non-hydrogen) atoms. The fourth-order valence-electron chi connectivity index (χ4n) is 1.81. The van der Waals surface area contributed by atoms with Crippen molar-refractivity contribution in [3.63, 3.8) is 0 Å². The van der Waals surface area contributed by atoms with E-state index < -0.39 is 0 Å². The Morgan fingerprint density at radius 2 is 2.08 bits per heavy atom. The molecule has 1 fully saturated rings. The monoisotopic (exact) mass is 181 g/mol. The van der Waals surface area contributed by atoms with Crippen molar-refractivity contribution in [3.8, 4) is 0 Å². The normalized spacial score (nSPS) is 19.3. The molecule has 0 amide bonds. The van der Waals surface area contributed by atoms with Gasteiger partial charge in [0.05, 0.1) is 5.00 Å². The summed E-state index contributed by atoms with van der Waals surface area (Å²) in [6.07, 6.45) is 6.96. The maximum absolute atomic E-state index is 3.58. The summed E-state index contributed by atoms with van der Waals surface area (Å²) in [4.78, 5) is 0. The highest BCUT2D eigenvalue weighted by Crippen LogP contribution is 2.23. The lowest BCUT2D eigenvalue weighted by Crippen LogP contribution is -2.21. The van der Waals surface area contributed by atoms with Crippen LogP contribution < -0.4 is 5.32 Å². The van der Waals surface area contributed by atoms with Gasteiger partial charge in [0.2, 0.25) is 0 Å². The van der Waals surface area contributed by atoms with Crippen LogP contribution in [0, 0.1) is 0 Å². The van der Waals surface area contributed by atoms with Crippen LogP contribution in [0.2, 0.25) is 0 Å². The third-order valence-corrected chi connectivity index (χ3v) is 3.27. The summed E-state index contributed by atoms with van der Waals surface area (Å²) in [5.74, 6) is 0. The summed E-state index contributed by atoms with van der Waals surface area (Å²) in [5.41, 5.74) is 0. The topological polar surface area (TPSA) is 12.0 Å². The van der Waals surface area contributed by atoms with E-state index in [1.54, 1.807) is 11.3 Å². The summed E-state index contributed by atoms with van der Waals surface area (Å²) in [7, 11) is 0. The van der Waals surface area contributed by atoms with E-state index in [0.29, 0.717) is 0 Å². The van der Waals surface area contributed by atoms with Gasteiger partial charge in [0.1, 0.15) is 0 Å².